The van der Waals surface area contributed by atoms with Crippen molar-refractivity contribution >= 4 is 28.3 Å². The van der Waals surface area contributed by atoms with Crippen molar-refractivity contribution < 1.29 is 23.4 Å². The smallest absolute Gasteiger partial charge is 0.263 e. The summed E-state index contributed by atoms with van der Waals surface area (Å²) >= 11 is 0. The molecule has 3 heterocycles. The summed E-state index contributed by atoms with van der Waals surface area (Å²) in [6, 6.07) is 13.3. The number of carbonyl (C=O) groups excluding carboxylic acids is 1. The second kappa shape index (κ2) is 10.5. The van der Waals surface area contributed by atoms with E-state index in [4.69, 9.17) is 14.2 Å². The van der Waals surface area contributed by atoms with Crippen LogP contribution < -0.4 is 14.8 Å². The van der Waals surface area contributed by atoms with Gasteiger partial charge in [0.2, 0.25) is 0 Å². The van der Waals surface area contributed by atoms with Crippen molar-refractivity contribution in [1.29, 1.82) is 0 Å². The number of ether oxygens (including phenoxy) is 3. The number of halogens is 1. The molecule has 1 atom stereocenters. The van der Waals surface area contributed by atoms with Crippen LogP contribution in [0.1, 0.15) is 6.92 Å². The van der Waals surface area contributed by atoms with E-state index in [1.54, 1.807) is 48.4 Å². The number of fused-ring (bicyclic) bond motifs is 1. The summed E-state index contributed by atoms with van der Waals surface area (Å²) in [6.07, 6.45) is 3.81. The van der Waals surface area contributed by atoms with Crippen molar-refractivity contribution in [2.24, 2.45) is 0 Å². The molecule has 9 nitrogen and oxygen atoms in total. The molecule has 2 aromatic carbocycles. The van der Waals surface area contributed by atoms with E-state index in [0.717, 1.165) is 0 Å². The summed E-state index contributed by atoms with van der Waals surface area (Å²) in [4.78, 5) is 27.2. The van der Waals surface area contributed by atoms with Crippen LogP contribution in [-0.2, 0) is 9.53 Å². The minimum atomic E-state index is -0.719. The van der Waals surface area contributed by atoms with E-state index >= 15 is 0 Å². The van der Waals surface area contributed by atoms with Crippen LogP contribution in [-0.4, -0.2) is 58.2 Å². The van der Waals surface area contributed by atoms with E-state index in [-0.39, 0.29) is 11.7 Å². The van der Waals surface area contributed by atoms with Crippen LogP contribution in [0.25, 0.3) is 10.9 Å². The minimum Gasteiger partial charge on any atom is -0.480 e. The third-order valence-electron chi connectivity index (χ3n) is 5.66. The summed E-state index contributed by atoms with van der Waals surface area (Å²) in [5.41, 5.74) is 1.08. The largest absolute Gasteiger partial charge is 0.480 e. The molecular weight excluding hydrogens is 465 g/mol. The molecule has 4 aromatic rings. The molecule has 0 radical (unpaired) electrons. The number of nitrogens with zero attached hydrogens (tertiary/aromatic N) is 4. The maximum absolute atomic E-state index is 14.8. The van der Waals surface area contributed by atoms with Crippen LogP contribution in [0, 0.1) is 5.82 Å². The number of hydrogen-bond acceptors (Lipinski definition) is 8. The topological polar surface area (TPSA) is 98.7 Å². The summed E-state index contributed by atoms with van der Waals surface area (Å²) in [5.74, 6) is 0.696. The van der Waals surface area contributed by atoms with Gasteiger partial charge in [-0.3, -0.25) is 9.78 Å². The van der Waals surface area contributed by atoms with Gasteiger partial charge in [-0.1, -0.05) is 6.07 Å². The third-order valence-corrected chi connectivity index (χ3v) is 5.66. The Balaban J connectivity index is 1.38. The molecule has 1 unspecified atom stereocenters. The highest BCUT2D eigenvalue weighted by Gasteiger charge is 2.25. The van der Waals surface area contributed by atoms with Crippen molar-refractivity contribution in [2.75, 3.05) is 31.6 Å². The number of anilines is 2. The maximum atomic E-state index is 14.8. The number of rotatable bonds is 7. The van der Waals surface area contributed by atoms with E-state index in [0.29, 0.717) is 60.2 Å². The number of nitrogens with one attached hydrogen (secondary N) is 1. The van der Waals surface area contributed by atoms with Gasteiger partial charge in [-0.2, -0.15) is 0 Å². The lowest BCUT2D eigenvalue weighted by atomic mass is 10.2. The van der Waals surface area contributed by atoms with E-state index < -0.39 is 11.9 Å². The van der Waals surface area contributed by atoms with Crippen molar-refractivity contribution in [1.82, 2.24) is 19.9 Å². The Bertz CT molecular complexity index is 1360. The first-order valence-electron chi connectivity index (χ1n) is 11.5. The molecule has 1 amide bonds. The lowest BCUT2D eigenvalue weighted by molar-refractivity contribution is -0.142. The first-order chi connectivity index (χ1) is 17.6. The van der Waals surface area contributed by atoms with E-state index in [2.05, 4.69) is 20.3 Å². The van der Waals surface area contributed by atoms with Crippen LogP contribution in [0.2, 0.25) is 0 Å². The summed E-state index contributed by atoms with van der Waals surface area (Å²) in [7, 11) is 0. The third kappa shape index (κ3) is 5.18. The van der Waals surface area contributed by atoms with Gasteiger partial charge in [0.25, 0.3) is 5.91 Å². The second-order valence-electron chi connectivity index (χ2n) is 8.13. The van der Waals surface area contributed by atoms with Gasteiger partial charge in [-0.15, -0.1) is 0 Å². The highest BCUT2D eigenvalue weighted by atomic mass is 19.1. The minimum absolute atomic E-state index is 0.0700. The van der Waals surface area contributed by atoms with Crippen LogP contribution in [0.15, 0.2) is 67.3 Å². The van der Waals surface area contributed by atoms with Gasteiger partial charge < -0.3 is 24.4 Å². The molecule has 5 rings (SSSR count). The molecule has 1 N–H and O–H groups in total. The summed E-state index contributed by atoms with van der Waals surface area (Å²) in [5, 5.41) is 3.72. The average molecular weight is 490 g/mol. The normalized spacial score (nSPS) is 14.3. The van der Waals surface area contributed by atoms with E-state index in [1.165, 1.54) is 24.7 Å². The molecule has 0 saturated carbocycles. The van der Waals surface area contributed by atoms with Gasteiger partial charge in [0.05, 0.1) is 30.3 Å². The fourth-order valence-electron chi connectivity index (χ4n) is 3.89. The molecule has 0 bridgehead atoms. The Labute approximate surface area is 206 Å². The van der Waals surface area contributed by atoms with E-state index in [1.807, 2.05) is 6.07 Å². The zero-order valence-corrected chi connectivity index (χ0v) is 19.6. The van der Waals surface area contributed by atoms with Crippen molar-refractivity contribution in [3.05, 3.63) is 73.1 Å². The lowest BCUT2D eigenvalue weighted by Crippen LogP contribution is -2.46. The zero-order chi connectivity index (χ0) is 24.9. The standard InChI is InChI=1S/C26H24FN5O4/c1-17(26(33)32-10-12-34-13-11-32)35-23-6-2-5-21-24(23)25(30-16-29-21)31-18-7-8-22(20(27)14-18)36-19-4-3-9-28-15-19/h2-9,14-17H,10-13H2,1H3,(H,29,30,31). The molecule has 0 spiro atoms. The van der Waals surface area contributed by atoms with Crippen LogP contribution in [0.5, 0.6) is 17.2 Å². The van der Waals surface area contributed by atoms with Gasteiger partial charge in [-0.25, -0.2) is 14.4 Å². The molecule has 1 aliphatic heterocycles. The van der Waals surface area contributed by atoms with Gasteiger partial charge in [0, 0.05) is 31.0 Å². The molecule has 2 aromatic heterocycles. The Morgan fingerprint density at radius 1 is 1.11 bits per heavy atom. The van der Waals surface area contributed by atoms with Crippen molar-refractivity contribution in [2.45, 2.75) is 13.0 Å². The Kier molecular flexibility index (Phi) is 6.85. The fourth-order valence-corrected chi connectivity index (χ4v) is 3.89. The summed E-state index contributed by atoms with van der Waals surface area (Å²) in [6.45, 7) is 3.80. The molecule has 36 heavy (non-hydrogen) atoms. The molecule has 10 heteroatoms. The monoisotopic (exact) mass is 489 g/mol. The number of carbonyl (C=O) groups is 1. The predicted octanol–water partition coefficient (Wildman–Crippen LogP) is 4.33. The second-order valence-corrected chi connectivity index (χ2v) is 8.13. The van der Waals surface area contributed by atoms with Crippen LogP contribution in [0.3, 0.4) is 0 Å². The molecule has 1 aliphatic rings. The van der Waals surface area contributed by atoms with E-state index in [9.17, 15) is 9.18 Å². The SMILES string of the molecule is CC(Oc1cccc2ncnc(Nc3ccc(Oc4cccnc4)c(F)c3)c12)C(=O)N1CCOCC1. The fraction of sp³-hybridized carbons (Fsp3) is 0.231. The molecular formula is C26H24FN5O4. The number of benzene rings is 2. The quantitative estimate of drug-likeness (QED) is 0.410. The number of hydrogen-bond donors (Lipinski definition) is 1. The van der Waals surface area contributed by atoms with Crippen LogP contribution >= 0.6 is 0 Å². The highest BCUT2D eigenvalue weighted by molar-refractivity contribution is 5.96. The highest BCUT2D eigenvalue weighted by Crippen LogP contribution is 2.33. The molecule has 1 fully saturated rings. The van der Waals surface area contributed by atoms with Gasteiger partial charge in [0.1, 0.15) is 23.6 Å². The van der Waals surface area contributed by atoms with Crippen molar-refractivity contribution in [3.63, 3.8) is 0 Å². The van der Waals surface area contributed by atoms with Gasteiger partial charge in [0.15, 0.2) is 17.7 Å². The van der Waals surface area contributed by atoms with Crippen LogP contribution in [0.4, 0.5) is 15.9 Å². The number of aromatic nitrogens is 3. The number of morpholine rings is 1. The first-order valence-corrected chi connectivity index (χ1v) is 11.5. The first kappa shape index (κ1) is 23.4. The maximum Gasteiger partial charge on any atom is 0.263 e. The summed E-state index contributed by atoms with van der Waals surface area (Å²) < 4.78 is 31.7. The molecule has 0 aliphatic carbocycles. The predicted molar refractivity (Wildman–Crippen MR) is 131 cm³/mol. The number of pyridine rings is 1. The van der Waals surface area contributed by atoms with Gasteiger partial charge in [-0.05, 0) is 43.3 Å². The Morgan fingerprint density at radius 2 is 1.97 bits per heavy atom. The average Bonchev–Trinajstić information content (AvgIpc) is 2.91. The Morgan fingerprint density at radius 3 is 2.75 bits per heavy atom. The van der Waals surface area contributed by atoms with Crippen molar-refractivity contribution in [3.8, 4) is 17.2 Å². The lowest BCUT2D eigenvalue weighted by Gasteiger charge is -2.29. The van der Waals surface area contributed by atoms with Gasteiger partial charge >= 0.3 is 0 Å². The molecule has 1 saturated heterocycles. The zero-order valence-electron chi connectivity index (χ0n) is 19.6. The Hall–Kier alpha value is -4.31. The number of amides is 1. The molecule has 184 valence electrons.